The van der Waals surface area contributed by atoms with E-state index in [1.54, 1.807) is 12.4 Å². The molecule has 0 fully saturated rings. The molecule has 80 valence electrons. The van der Waals surface area contributed by atoms with E-state index >= 15 is 0 Å². The Morgan fingerprint density at radius 1 is 1.44 bits per heavy atom. The maximum atomic E-state index is 5.77. The highest BCUT2D eigenvalue weighted by molar-refractivity contribution is 7.14. The third kappa shape index (κ3) is 1.38. The van der Waals surface area contributed by atoms with Crippen molar-refractivity contribution in [3.8, 4) is 23.1 Å². The molecular formula is C9H7N5OS. The van der Waals surface area contributed by atoms with Gasteiger partial charge < -0.3 is 15.2 Å². The number of H-pyrrole nitrogens is 1. The van der Waals surface area contributed by atoms with E-state index in [2.05, 4.69) is 20.1 Å². The minimum atomic E-state index is 0.408. The van der Waals surface area contributed by atoms with E-state index in [4.69, 9.17) is 10.3 Å². The molecule has 3 aromatic rings. The van der Waals surface area contributed by atoms with Crippen molar-refractivity contribution in [2.75, 3.05) is 5.73 Å². The van der Waals surface area contributed by atoms with E-state index in [1.165, 1.54) is 11.3 Å². The fourth-order valence-corrected chi connectivity index (χ4v) is 1.95. The molecule has 0 saturated heterocycles. The fraction of sp³-hybridized carbons (Fsp3) is 0. The molecule has 3 rings (SSSR count). The number of nitrogens with two attached hydrogens (primary N) is 1. The number of imidazole rings is 1. The molecule has 0 unspecified atom stereocenters. The normalized spacial score (nSPS) is 10.8. The van der Waals surface area contributed by atoms with Gasteiger partial charge in [0.2, 0.25) is 5.82 Å². The Bertz CT molecular complexity index is 597. The van der Waals surface area contributed by atoms with Crippen molar-refractivity contribution < 1.29 is 4.52 Å². The molecule has 3 aromatic heterocycles. The average molecular weight is 233 g/mol. The first-order valence-electron chi connectivity index (χ1n) is 4.51. The molecule has 3 heterocycles. The van der Waals surface area contributed by atoms with Crippen LogP contribution in [-0.4, -0.2) is 20.1 Å². The van der Waals surface area contributed by atoms with Gasteiger partial charge in [0, 0.05) is 12.4 Å². The number of nitrogens with one attached hydrogen (secondary N) is 1. The molecule has 0 amide bonds. The largest absolute Gasteiger partial charge is 0.390 e. The molecule has 3 N–H and O–H groups in total. The first-order valence-corrected chi connectivity index (χ1v) is 5.39. The van der Waals surface area contributed by atoms with Crippen LogP contribution in [0.3, 0.4) is 0 Å². The van der Waals surface area contributed by atoms with E-state index in [-0.39, 0.29) is 0 Å². The number of rotatable bonds is 2. The molecule has 6 nitrogen and oxygen atoms in total. The molecule has 16 heavy (non-hydrogen) atoms. The first-order chi connectivity index (χ1) is 7.84. The average Bonchev–Trinajstić information content (AvgIpc) is 2.96. The summed E-state index contributed by atoms with van der Waals surface area (Å²) in [6.07, 6.45) is 3.33. The molecular weight excluding hydrogens is 226 g/mol. The minimum absolute atomic E-state index is 0.408. The van der Waals surface area contributed by atoms with Gasteiger partial charge in [0.15, 0.2) is 5.82 Å². The maximum Gasteiger partial charge on any atom is 0.261 e. The van der Waals surface area contributed by atoms with Crippen LogP contribution in [-0.2, 0) is 0 Å². The lowest BCUT2D eigenvalue weighted by Gasteiger charge is -1.88. The minimum Gasteiger partial charge on any atom is -0.390 e. The Kier molecular flexibility index (Phi) is 1.97. The lowest BCUT2D eigenvalue weighted by Crippen LogP contribution is -1.85. The molecule has 0 atom stereocenters. The summed E-state index contributed by atoms with van der Waals surface area (Å²) in [6.45, 7) is 0. The summed E-state index contributed by atoms with van der Waals surface area (Å²) < 4.78 is 5.12. The van der Waals surface area contributed by atoms with Gasteiger partial charge in [-0.1, -0.05) is 5.16 Å². The maximum absolute atomic E-state index is 5.77. The molecule has 0 aromatic carbocycles. The molecule has 0 saturated carbocycles. The summed E-state index contributed by atoms with van der Waals surface area (Å²) in [4.78, 5) is 11.1. The lowest BCUT2D eigenvalue weighted by molar-refractivity contribution is 0.432. The van der Waals surface area contributed by atoms with Crippen molar-refractivity contribution in [3.05, 3.63) is 23.8 Å². The Morgan fingerprint density at radius 2 is 2.38 bits per heavy atom. The predicted molar refractivity (Wildman–Crippen MR) is 59.6 cm³/mol. The van der Waals surface area contributed by atoms with Gasteiger partial charge >= 0.3 is 0 Å². The zero-order valence-electron chi connectivity index (χ0n) is 8.04. The monoisotopic (exact) mass is 233 g/mol. The van der Waals surface area contributed by atoms with Crippen LogP contribution in [0.2, 0.25) is 0 Å². The number of hydrogen-bond acceptors (Lipinski definition) is 6. The predicted octanol–water partition coefficient (Wildman–Crippen LogP) is 1.77. The van der Waals surface area contributed by atoms with Crippen molar-refractivity contribution in [3.63, 3.8) is 0 Å². The van der Waals surface area contributed by atoms with E-state index in [0.29, 0.717) is 22.5 Å². The molecule has 0 bridgehead atoms. The Hall–Kier alpha value is -2.15. The van der Waals surface area contributed by atoms with Crippen LogP contribution in [0, 0.1) is 0 Å². The Labute approximate surface area is 94.1 Å². The van der Waals surface area contributed by atoms with E-state index in [9.17, 15) is 0 Å². The van der Waals surface area contributed by atoms with Crippen LogP contribution in [0.5, 0.6) is 0 Å². The van der Waals surface area contributed by atoms with Crippen molar-refractivity contribution in [2.24, 2.45) is 0 Å². The van der Waals surface area contributed by atoms with E-state index in [0.717, 1.165) is 5.56 Å². The molecule has 0 aliphatic heterocycles. The van der Waals surface area contributed by atoms with Crippen molar-refractivity contribution >= 4 is 16.3 Å². The van der Waals surface area contributed by atoms with E-state index in [1.807, 2.05) is 11.4 Å². The van der Waals surface area contributed by atoms with E-state index < -0.39 is 0 Å². The highest BCUT2D eigenvalue weighted by Crippen LogP contribution is 2.29. The second-order valence-corrected chi connectivity index (χ2v) is 4.01. The Balaban J connectivity index is 2.03. The van der Waals surface area contributed by atoms with Crippen molar-refractivity contribution in [2.45, 2.75) is 0 Å². The highest BCUT2D eigenvalue weighted by atomic mass is 32.1. The summed E-state index contributed by atoms with van der Waals surface area (Å²) in [7, 11) is 0. The third-order valence-electron chi connectivity index (χ3n) is 2.06. The fourth-order valence-electron chi connectivity index (χ4n) is 1.31. The second-order valence-electron chi connectivity index (χ2n) is 3.06. The van der Waals surface area contributed by atoms with Gasteiger partial charge in [-0.05, 0) is 11.4 Å². The van der Waals surface area contributed by atoms with Gasteiger partial charge in [0.25, 0.3) is 5.89 Å². The quantitative estimate of drug-likeness (QED) is 0.703. The number of aromatic nitrogens is 4. The smallest absolute Gasteiger partial charge is 0.261 e. The van der Waals surface area contributed by atoms with Gasteiger partial charge in [-0.15, -0.1) is 11.3 Å². The zero-order chi connectivity index (χ0) is 11.0. The van der Waals surface area contributed by atoms with Crippen LogP contribution in [0.25, 0.3) is 23.1 Å². The first kappa shape index (κ1) is 9.10. The van der Waals surface area contributed by atoms with Crippen LogP contribution >= 0.6 is 11.3 Å². The molecule has 7 heteroatoms. The molecule has 0 spiro atoms. The van der Waals surface area contributed by atoms with Gasteiger partial charge in [0.1, 0.15) is 0 Å². The number of nitrogens with zero attached hydrogens (tertiary/aromatic N) is 3. The molecule has 0 radical (unpaired) electrons. The SMILES string of the molecule is Nc1sccc1-c1nc(-c2ncc[nH]2)no1. The third-order valence-corrected chi connectivity index (χ3v) is 2.81. The van der Waals surface area contributed by atoms with Gasteiger partial charge in [0.05, 0.1) is 10.6 Å². The summed E-state index contributed by atoms with van der Waals surface area (Å²) >= 11 is 1.43. The number of nitrogen functional groups attached to an aromatic ring is 1. The topological polar surface area (TPSA) is 93.6 Å². The summed E-state index contributed by atoms with van der Waals surface area (Å²) in [5.41, 5.74) is 6.53. The zero-order valence-corrected chi connectivity index (χ0v) is 8.86. The number of aromatic amines is 1. The number of thiophene rings is 1. The lowest BCUT2D eigenvalue weighted by atomic mass is 10.3. The van der Waals surface area contributed by atoms with Crippen LogP contribution in [0.1, 0.15) is 0 Å². The second kappa shape index (κ2) is 3.46. The molecule has 0 aliphatic carbocycles. The van der Waals surface area contributed by atoms with Gasteiger partial charge in [-0.25, -0.2) is 4.98 Å². The summed E-state index contributed by atoms with van der Waals surface area (Å²) in [6, 6.07) is 1.85. The highest BCUT2D eigenvalue weighted by Gasteiger charge is 2.14. The van der Waals surface area contributed by atoms with Crippen LogP contribution in [0.4, 0.5) is 5.00 Å². The van der Waals surface area contributed by atoms with Crippen molar-refractivity contribution in [1.29, 1.82) is 0 Å². The van der Waals surface area contributed by atoms with Crippen LogP contribution in [0.15, 0.2) is 28.4 Å². The van der Waals surface area contributed by atoms with Gasteiger partial charge in [-0.3, -0.25) is 0 Å². The summed E-state index contributed by atoms with van der Waals surface area (Å²) in [5.74, 6) is 1.40. The van der Waals surface area contributed by atoms with Gasteiger partial charge in [-0.2, -0.15) is 4.98 Å². The summed E-state index contributed by atoms with van der Waals surface area (Å²) in [5, 5.41) is 6.36. The number of hydrogen-bond donors (Lipinski definition) is 2. The Morgan fingerprint density at radius 3 is 3.06 bits per heavy atom. The standard InChI is InChI=1S/C9H7N5OS/c10-6-5(1-4-16-6)9-13-8(14-15-9)7-11-2-3-12-7/h1-4H,10H2,(H,11,12). The number of anilines is 1. The van der Waals surface area contributed by atoms with Crippen molar-refractivity contribution in [1.82, 2.24) is 20.1 Å². The molecule has 0 aliphatic rings. The van der Waals surface area contributed by atoms with Crippen LogP contribution < -0.4 is 5.73 Å².